The van der Waals surface area contributed by atoms with E-state index in [1.54, 1.807) is 12.4 Å². The summed E-state index contributed by atoms with van der Waals surface area (Å²) in [5, 5.41) is 4.07. The molecule has 1 aromatic carbocycles. The molecule has 2 aromatic rings. The maximum Gasteiger partial charge on any atom is 0.122 e. The van der Waals surface area contributed by atoms with Crippen LogP contribution in [0.1, 0.15) is 29.2 Å². The molecule has 0 saturated carbocycles. The number of ether oxygens (including phenoxy) is 1. The Morgan fingerprint density at radius 1 is 1.38 bits per heavy atom. The molecule has 0 spiro atoms. The molecule has 0 aliphatic carbocycles. The largest absolute Gasteiger partial charge is 0.493 e. The summed E-state index contributed by atoms with van der Waals surface area (Å²) in [6, 6.07) is 8.74. The second-order valence-electron chi connectivity index (χ2n) is 5.32. The Kier molecular flexibility index (Phi) is 4.42. The fourth-order valence-corrected chi connectivity index (χ4v) is 3.08. The third-order valence-electron chi connectivity index (χ3n) is 4.00. The zero-order valence-electron chi connectivity index (χ0n) is 12.1. The SMILES string of the molecule is CNC(CCc1ccc2c(c1)CCO2)c1ccncc1Cl. The van der Waals surface area contributed by atoms with Crippen LogP contribution in [0.5, 0.6) is 5.75 Å². The summed E-state index contributed by atoms with van der Waals surface area (Å²) in [4.78, 5) is 4.05. The molecular weight excluding hydrogens is 284 g/mol. The Hall–Kier alpha value is -1.58. The third kappa shape index (κ3) is 3.20. The summed E-state index contributed by atoms with van der Waals surface area (Å²) in [5.74, 6) is 1.04. The van der Waals surface area contributed by atoms with Crippen LogP contribution in [0.4, 0.5) is 0 Å². The lowest BCUT2D eigenvalue weighted by Gasteiger charge is -2.18. The molecule has 0 radical (unpaired) electrons. The Morgan fingerprint density at radius 2 is 2.29 bits per heavy atom. The maximum absolute atomic E-state index is 6.24. The highest BCUT2D eigenvalue weighted by atomic mass is 35.5. The fourth-order valence-electron chi connectivity index (χ4n) is 2.83. The predicted octanol–water partition coefficient (Wildman–Crippen LogP) is 3.56. The smallest absolute Gasteiger partial charge is 0.122 e. The van der Waals surface area contributed by atoms with Crippen LogP contribution in [0, 0.1) is 0 Å². The van der Waals surface area contributed by atoms with E-state index in [-0.39, 0.29) is 6.04 Å². The van der Waals surface area contributed by atoms with Gasteiger partial charge in [0.25, 0.3) is 0 Å². The van der Waals surface area contributed by atoms with Gasteiger partial charge in [0.2, 0.25) is 0 Å². The van der Waals surface area contributed by atoms with Crippen LogP contribution in [0.2, 0.25) is 5.02 Å². The van der Waals surface area contributed by atoms with Crippen LogP contribution in [0.3, 0.4) is 0 Å². The number of hydrogen-bond acceptors (Lipinski definition) is 3. The Morgan fingerprint density at radius 3 is 3.10 bits per heavy atom. The number of benzene rings is 1. The monoisotopic (exact) mass is 302 g/mol. The molecule has 110 valence electrons. The van der Waals surface area contributed by atoms with Gasteiger partial charge in [-0.2, -0.15) is 0 Å². The normalized spacial score (nSPS) is 14.6. The van der Waals surface area contributed by atoms with Gasteiger partial charge in [-0.1, -0.05) is 23.7 Å². The van der Waals surface area contributed by atoms with E-state index in [9.17, 15) is 0 Å². The molecule has 21 heavy (non-hydrogen) atoms. The molecule has 0 fully saturated rings. The topological polar surface area (TPSA) is 34.1 Å². The minimum Gasteiger partial charge on any atom is -0.493 e. The average molecular weight is 303 g/mol. The third-order valence-corrected chi connectivity index (χ3v) is 4.32. The summed E-state index contributed by atoms with van der Waals surface area (Å²) in [5.41, 5.74) is 3.79. The van der Waals surface area contributed by atoms with Crippen molar-refractivity contribution in [3.8, 4) is 5.75 Å². The van der Waals surface area contributed by atoms with Crippen molar-refractivity contribution >= 4 is 11.6 Å². The molecule has 3 nitrogen and oxygen atoms in total. The lowest BCUT2D eigenvalue weighted by molar-refractivity contribution is 0.357. The van der Waals surface area contributed by atoms with Crippen molar-refractivity contribution in [3.63, 3.8) is 0 Å². The quantitative estimate of drug-likeness (QED) is 0.917. The molecule has 1 N–H and O–H groups in total. The highest BCUT2D eigenvalue weighted by Gasteiger charge is 2.15. The van der Waals surface area contributed by atoms with E-state index < -0.39 is 0 Å². The summed E-state index contributed by atoms with van der Waals surface area (Å²) in [6.07, 6.45) is 6.53. The van der Waals surface area contributed by atoms with Crippen molar-refractivity contribution in [3.05, 3.63) is 58.4 Å². The van der Waals surface area contributed by atoms with E-state index in [0.29, 0.717) is 0 Å². The molecule has 1 aliphatic heterocycles. The molecule has 2 heterocycles. The fraction of sp³-hybridized carbons (Fsp3) is 0.353. The molecule has 4 heteroatoms. The minimum absolute atomic E-state index is 0.241. The van der Waals surface area contributed by atoms with Crippen molar-refractivity contribution in [1.29, 1.82) is 0 Å². The van der Waals surface area contributed by atoms with Crippen LogP contribution in [-0.2, 0) is 12.8 Å². The van der Waals surface area contributed by atoms with Crippen LogP contribution < -0.4 is 10.1 Å². The van der Waals surface area contributed by atoms with Crippen LogP contribution >= 0.6 is 11.6 Å². The number of aromatic nitrogens is 1. The Bertz CT molecular complexity index is 630. The lowest BCUT2D eigenvalue weighted by atomic mass is 9.98. The van der Waals surface area contributed by atoms with Crippen molar-refractivity contribution in [2.45, 2.75) is 25.3 Å². The highest BCUT2D eigenvalue weighted by molar-refractivity contribution is 6.31. The van der Waals surface area contributed by atoms with E-state index in [1.807, 2.05) is 13.1 Å². The van der Waals surface area contributed by atoms with Gasteiger partial charge in [-0.25, -0.2) is 0 Å². The predicted molar refractivity (Wildman–Crippen MR) is 85.0 cm³/mol. The molecule has 0 saturated heterocycles. The first-order valence-electron chi connectivity index (χ1n) is 7.29. The molecule has 1 aromatic heterocycles. The molecule has 0 amide bonds. The van der Waals surface area contributed by atoms with Gasteiger partial charge in [-0.3, -0.25) is 4.98 Å². The van der Waals surface area contributed by atoms with E-state index in [1.165, 1.54) is 11.1 Å². The molecular formula is C17H19ClN2O. The van der Waals surface area contributed by atoms with Gasteiger partial charge in [-0.15, -0.1) is 0 Å². The van der Waals surface area contributed by atoms with Gasteiger partial charge in [0.1, 0.15) is 5.75 Å². The van der Waals surface area contributed by atoms with Crippen molar-refractivity contribution in [1.82, 2.24) is 10.3 Å². The minimum atomic E-state index is 0.241. The molecule has 0 bridgehead atoms. The Balaban J connectivity index is 1.70. The van der Waals surface area contributed by atoms with E-state index in [4.69, 9.17) is 16.3 Å². The zero-order valence-corrected chi connectivity index (χ0v) is 12.9. The van der Waals surface area contributed by atoms with Gasteiger partial charge in [0.05, 0.1) is 11.6 Å². The number of nitrogens with zero attached hydrogens (tertiary/aromatic N) is 1. The number of fused-ring (bicyclic) bond motifs is 1. The van der Waals surface area contributed by atoms with E-state index in [0.717, 1.165) is 42.2 Å². The number of halogens is 1. The first-order chi connectivity index (χ1) is 10.3. The number of nitrogens with one attached hydrogen (secondary N) is 1. The van der Waals surface area contributed by atoms with Crippen molar-refractivity contribution < 1.29 is 4.74 Å². The first-order valence-corrected chi connectivity index (χ1v) is 7.67. The van der Waals surface area contributed by atoms with Crippen molar-refractivity contribution in [2.75, 3.05) is 13.7 Å². The van der Waals surface area contributed by atoms with Crippen LogP contribution in [-0.4, -0.2) is 18.6 Å². The van der Waals surface area contributed by atoms with Gasteiger partial charge >= 0.3 is 0 Å². The van der Waals surface area contributed by atoms with Gasteiger partial charge in [0.15, 0.2) is 0 Å². The van der Waals surface area contributed by atoms with Gasteiger partial charge in [0, 0.05) is 24.9 Å². The summed E-state index contributed by atoms with van der Waals surface area (Å²) in [7, 11) is 1.97. The van der Waals surface area contributed by atoms with Gasteiger partial charge in [-0.05, 0) is 48.7 Å². The van der Waals surface area contributed by atoms with E-state index in [2.05, 4.69) is 28.5 Å². The number of rotatable bonds is 5. The van der Waals surface area contributed by atoms with Gasteiger partial charge < -0.3 is 10.1 Å². The lowest BCUT2D eigenvalue weighted by Crippen LogP contribution is -2.17. The van der Waals surface area contributed by atoms with Crippen LogP contribution in [0.25, 0.3) is 0 Å². The number of hydrogen-bond donors (Lipinski definition) is 1. The summed E-state index contributed by atoms with van der Waals surface area (Å²) < 4.78 is 5.55. The van der Waals surface area contributed by atoms with Crippen LogP contribution in [0.15, 0.2) is 36.7 Å². The first kappa shape index (κ1) is 14.4. The molecule has 1 unspecified atom stereocenters. The highest BCUT2D eigenvalue weighted by Crippen LogP contribution is 2.28. The second kappa shape index (κ2) is 6.46. The maximum atomic E-state index is 6.24. The Labute approximate surface area is 130 Å². The summed E-state index contributed by atoms with van der Waals surface area (Å²) >= 11 is 6.24. The number of aryl methyl sites for hydroxylation is 1. The molecule has 1 aliphatic rings. The zero-order chi connectivity index (χ0) is 14.7. The molecule has 1 atom stereocenters. The standard InChI is InChI=1S/C17H19ClN2O/c1-19-16(14-6-8-20-11-15(14)18)4-2-12-3-5-17-13(10-12)7-9-21-17/h3,5-6,8,10-11,16,19H,2,4,7,9H2,1H3. The summed E-state index contributed by atoms with van der Waals surface area (Å²) in [6.45, 7) is 0.810. The second-order valence-corrected chi connectivity index (χ2v) is 5.72. The van der Waals surface area contributed by atoms with Crippen molar-refractivity contribution in [2.24, 2.45) is 0 Å². The average Bonchev–Trinajstić information content (AvgIpc) is 2.97. The van der Waals surface area contributed by atoms with E-state index >= 15 is 0 Å². The molecule has 3 rings (SSSR count). The number of pyridine rings is 1.